The number of hydrogen-bond acceptors (Lipinski definition) is 4. The van der Waals surface area contributed by atoms with Crippen molar-refractivity contribution >= 4 is 33.3 Å². The highest BCUT2D eigenvalue weighted by atomic mass is 32.2. The van der Waals surface area contributed by atoms with Gasteiger partial charge in [-0.05, 0) is 57.1 Å². The minimum Gasteiger partial charge on any atom is -0.368 e. The molecule has 0 aromatic carbocycles. The molecular weight excluding hydrogens is 336 g/mol. The van der Waals surface area contributed by atoms with Crippen LogP contribution in [0.2, 0.25) is 0 Å². The Hall–Kier alpha value is -2.04. The van der Waals surface area contributed by atoms with E-state index in [1.807, 2.05) is 19.9 Å². The Morgan fingerprint density at radius 2 is 2.09 bits per heavy atom. The number of aliphatic imine (C=N–C) groups is 1. The molecule has 0 fully saturated rings. The minimum atomic E-state index is -3.64. The molecule has 10 heteroatoms. The van der Waals surface area contributed by atoms with Crippen molar-refractivity contribution in [2.24, 2.45) is 15.9 Å². The summed E-state index contributed by atoms with van der Waals surface area (Å²) in [7, 11) is -3.64. The lowest BCUT2D eigenvalue weighted by Crippen LogP contribution is -2.29. The fourth-order valence-electron chi connectivity index (χ4n) is 2.14. The molecule has 8 nitrogen and oxygen atoms in total. The highest BCUT2D eigenvalue weighted by molar-refractivity contribution is 7.93. The van der Waals surface area contributed by atoms with Crippen LogP contribution in [0.25, 0.3) is 0 Å². The first-order valence-corrected chi connectivity index (χ1v) is 8.73. The summed E-state index contributed by atoms with van der Waals surface area (Å²) in [6, 6.07) is 1.88. The van der Waals surface area contributed by atoms with Gasteiger partial charge in [0.05, 0.1) is 10.6 Å². The molecule has 1 aromatic heterocycles. The van der Waals surface area contributed by atoms with Gasteiger partial charge in [0.15, 0.2) is 5.11 Å². The van der Waals surface area contributed by atoms with E-state index >= 15 is 0 Å². The highest BCUT2D eigenvalue weighted by Gasteiger charge is 2.16. The van der Waals surface area contributed by atoms with Gasteiger partial charge in [0.25, 0.3) is 0 Å². The fraction of sp³-hybridized carbons (Fsp3) is 0.308. The molecule has 0 radical (unpaired) electrons. The molecule has 1 heterocycles. The van der Waals surface area contributed by atoms with E-state index in [-0.39, 0.29) is 16.0 Å². The summed E-state index contributed by atoms with van der Waals surface area (Å²) < 4.78 is 24.0. The number of rotatable bonds is 2. The average molecular weight is 354 g/mol. The fourth-order valence-corrected chi connectivity index (χ4v) is 3.01. The lowest BCUT2D eigenvalue weighted by molar-refractivity contribution is 0.601. The van der Waals surface area contributed by atoms with Gasteiger partial charge in [-0.15, -0.1) is 0 Å². The normalized spacial score (nSPS) is 15.9. The van der Waals surface area contributed by atoms with Crippen LogP contribution in [-0.4, -0.2) is 29.3 Å². The van der Waals surface area contributed by atoms with E-state index in [2.05, 4.69) is 15.4 Å². The van der Waals surface area contributed by atoms with Gasteiger partial charge in [-0.1, -0.05) is 0 Å². The van der Waals surface area contributed by atoms with Crippen molar-refractivity contribution in [3.8, 4) is 0 Å². The second kappa shape index (κ2) is 6.60. The van der Waals surface area contributed by atoms with E-state index in [0.29, 0.717) is 12.8 Å². The second-order valence-corrected chi connectivity index (χ2v) is 7.11. The molecule has 0 atom stereocenters. The van der Waals surface area contributed by atoms with Crippen LogP contribution >= 0.6 is 12.2 Å². The third kappa shape index (κ3) is 4.47. The molecule has 0 amide bonds. The second-order valence-electron chi connectivity index (χ2n) is 5.11. The first-order valence-electron chi connectivity index (χ1n) is 6.78. The number of allylic oxidation sites excluding steroid dienone is 4. The third-order valence-corrected chi connectivity index (χ3v) is 4.45. The smallest absolute Gasteiger partial charge is 0.234 e. The molecule has 0 unspecified atom stereocenters. The Bertz CT molecular complexity index is 833. The van der Waals surface area contributed by atoms with Crippen molar-refractivity contribution in [1.82, 2.24) is 15.1 Å². The number of nitrogens with two attached hydrogens (primary N) is 2. The van der Waals surface area contributed by atoms with E-state index in [9.17, 15) is 8.42 Å². The molecule has 5 N–H and O–H groups in total. The molecule has 0 aliphatic heterocycles. The Labute approximate surface area is 140 Å². The SMILES string of the molecule is Cc1cc(C)n(C(N)=NC(=S)NC2=CC=C(S(N)(=O)=O)CC2)n1. The molecule has 0 spiro atoms. The number of thiocarbonyl (C=S) groups is 1. The Morgan fingerprint density at radius 1 is 1.39 bits per heavy atom. The van der Waals surface area contributed by atoms with E-state index in [1.165, 1.54) is 10.8 Å². The summed E-state index contributed by atoms with van der Waals surface area (Å²) in [6.07, 6.45) is 3.86. The number of primary sulfonamides is 1. The van der Waals surface area contributed by atoms with Crippen molar-refractivity contribution in [2.75, 3.05) is 0 Å². The van der Waals surface area contributed by atoms with Gasteiger partial charge in [-0.3, -0.25) is 0 Å². The average Bonchev–Trinajstić information content (AvgIpc) is 2.77. The lowest BCUT2D eigenvalue weighted by Gasteiger charge is -2.14. The van der Waals surface area contributed by atoms with E-state index < -0.39 is 10.0 Å². The predicted octanol–water partition coefficient (Wildman–Crippen LogP) is 0.387. The standard InChI is InChI=1S/C13H18N6O2S2/c1-8-7-9(2)19(18-8)12(14)17-13(22)16-10-3-5-11(6-4-10)23(15,20)21/h3,5,7H,4,6H2,1-2H3,(H2,15,20,21)(H3,14,16,17,22). The van der Waals surface area contributed by atoms with Gasteiger partial charge in [-0.25, -0.2) is 18.2 Å². The summed E-state index contributed by atoms with van der Waals surface area (Å²) in [5.74, 6) is 0.158. The molecule has 124 valence electrons. The van der Waals surface area contributed by atoms with Crippen molar-refractivity contribution in [1.29, 1.82) is 0 Å². The van der Waals surface area contributed by atoms with Gasteiger partial charge in [0, 0.05) is 11.4 Å². The number of nitrogens with zero attached hydrogens (tertiary/aromatic N) is 3. The van der Waals surface area contributed by atoms with E-state index in [4.69, 9.17) is 23.1 Å². The van der Waals surface area contributed by atoms with E-state index in [0.717, 1.165) is 17.1 Å². The summed E-state index contributed by atoms with van der Waals surface area (Å²) in [6.45, 7) is 3.72. The Balaban J connectivity index is 2.09. The molecule has 2 rings (SSSR count). The molecule has 0 saturated carbocycles. The van der Waals surface area contributed by atoms with E-state index in [1.54, 1.807) is 6.08 Å². The molecule has 1 aliphatic carbocycles. The molecule has 23 heavy (non-hydrogen) atoms. The van der Waals surface area contributed by atoms with Crippen molar-refractivity contribution in [2.45, 2.75) is 26.7 Å². The monoisotopic (exact) mass is 354 g/mol. The zero-order valence-electron chi connectivity index (χ0n) is 12.8. The Morgan fingerprint density at radius 3 is 2.57 bits per heavy atom. The summed E-state index contributed by atoms with van der Waals surface area (Å²) in [5.41, 5.74) is 8.31. The first kappa shape index (κ1) is 17.3. The Kier molecular flexibility index (Phi) is 4.97. The zero-order valence-corrected chi connectivity index (χ0v) is 14.4. The van der Waals surface area contributed by atoms with Crippen molar-refractivity contribution in [3.05, 3.63) is 40.2 Å². The van der Waals surface area contributed by atoms with Crippen molar-refractivity contribution < 1.29 is 8.42 Å². The predicted molar refractivity (Wildman–Crippen MR) is 93.0 cm³/mol. The van der Waals surface area contributed by atoms with Gasteiger partial charge in [0.2, 0.25) is 16.0 Å². The van der Waals surface area contributed by atoms with Gasteiger partial charge in [0.1, 0.15) is 0 Å². The van der Waals surface area contributed by atoms with Crippen LogP contribution in [0.5, 0.6) is 0 Å². The molecular formula is C13H18N6O2S2. The first-order chi connectivity index (χ1) is 10.7. The quantitative estimate of drug-likeness (QED) is 0.400. The number of aryl methyl sites for hydroxylation is 2. The maximum absolute atomic E-state index is 11.2. The number of aromatic nitrogens is 2. The third-order valence-electron chi connectivity index (χ3n) is 3.19. The molecule has 1 aliphatic rings. The largest absolute Gasteiger partial charge is 0.368 e. The number of sulfonamides is 1. The van der Waals surface area contributed by atoms with Crippen LogP contribution in [0.3, 0.4) is 0 Å². The van der Waals surface area contributed by atoms with Crippen LogP contribution < -0.4 is 16.2 Å². The number of hydrogen-bond donors (Lipinski definition) is 3. The maximum Gasteiger partial charge on any atom is 0.234 e. The van der Waals surface area contributed by atoms with Crippen LogP contribution in [0.4, 0.5) is 0 Å². The highest BCUT2D eigenvalue weighted by Crippen LogP contribution is 2.19. The zero-order chi connectivity index (χ0) is 17.2. The van der Waals surface area contributed by atoms with Crippen LogP contribution in [-0.2, 0) is 10.0 Å². The topological polar surface area (TPSA) is 128 Å². The molecule has 0 saturated heterocycles. The van der Waals surface area contributed by atoms with Gasteiger partial charge >= 0.3 is 0 Å². The summed E-state index contributed by atoms with van der Waals surface area (Å²) in [4.78, 5) is 4.29. The van der Waals surface area contributed by atoms with Crippen molar-refractivity contribution in [3.63, 3.8) is 0 Å². The summed E-state index contributed by atoms with van der Waals surface area (Å²) >= 11 is 5.14. The molecule has 1 aromatic rings. The van der Waals surface area contributed by atoms with Gasteiger partial charge < -0.3 is 11.1 Å². The number of nitrogens with one attached hydrogen (secondary N) is 1. The van der Waals surface area contributed by atoms with Crippen LogP contribution in [0.1, 0.15) is 24.2 Å². The summed E-state index contributed by atoms with van der Waals surface area (Å²) in [5, 5.41) is 12.4. The minimum absolute atomic E-state index is 0.158. The van der Waals surface area contributed by atoms with Gasteiger partial charge in [-0.2, -0.15) is 10.1 Å². The van der Waals surface area contributed by atoms with Crippen LogP contribution in [0, 0.1) is 13.8 Å². The lowest BCUT2D eigenvalue weighted by atomic mass is 10.1. The molecule has 0 bridgehead atoms. The van der Waals surface area contributed by atoms with Crippen LogP contribution in [0.15, 0.2) is 33.8 Å². The maximum atomic E-state index is 11.2.